The summed E-state index contributed by atoms with van der Waals surface area (Å²) in [4.78, 5) is 12.1. The van der Waals surface area contributed by atoms with E-state index >= 15 is 8.78 Å². The molecule has 0 fully saturated rings. The third-order valence-corrected chi connectivity index (χ3v) is 5.22. The summed E-state index contributed by atoms with van der Waals surface area (Å²) in [5, 5.41) is -0.00773. The minimum Gasteiger partial charge on any atom is -0.494 e. The Balaban J connectivity index is 2.12. The zero-order valence-corrected chi connectivity index (χ0v) is 16.3. The Hall–Kier alpha value is -3.34. The van der Waals surface area contributed by atoms with E-state index < -0.39 is 27.0 Å². The average molecular weight is 420 g/mol. The number of methoxy groups -OCH3 is 2. The molecule has 150 valence electrons. The van der Waals surface area contributed by atoms with Crippen LogP contribution in [0.1, 0.15) is 0 Å². The first kappa shape index (κ1) is 19.0. The van der Waals surface area contributed by atoms with E-state index in [0.717, 1.165) is 12.3 Å². The highest BCUT2D eigenvalue weighted by molar-refractivity contribution is 7.90. The molecule has 0 aliphatic heterocycles. The number of imidazole rings is 1. The van der Waals surface area contributed by atoms with Crippen molar-refractivity contribution in [3.05, 3.63) is 42.4 Å². The van der Waals surface area contributed by atoms with Gasteiger partial charge in [0, 0.05) is 41.9 Å². The second kappa shape index (κ2) is 6.62. The fourth-order valence-electron chi connectivity index (χ4n) is 3.04. The molecule has 11 heteroatoms. The molecule has 0 atom stereocenters. The third kappa shape index (κ3) is 2.94. The Morgan fingerprint density at radius 3 is 2.24 bits per heavy atom. The normalized spacial score (nSPS) is 11.9. The van der Waals surface area contributed by atoms with Crippen LogP contribution in [0.4, 0.5) is 8.78 Å². The third-order valence-electron chi connectivity index (χ3n) is 4.36. The summed E-state index contributed by atoms with van der Waals surface area (Å²) in [5.74, 6) is -2.26. The predicted octanol–water partition coefficient (Wildman–Crippen LogP) is 2.64. The lowest BCUT2D eigenvalue weighted by molar-refractivity contribution is 0.360. The number of halogens is 2. The Labute approximate surface area is 163 Å². The molecule has 0 amide bonds. The lowest BCUT2D eigenvalue weighted by Gasteiger charge is -2.14. The predicted molar refractivity (Wildman–Crippen MR) is 99.9 cm³/mol. The fraction of sp³-hybridized carbons (Fsp3) is 0.167. The molecular formula is C18H14F2N4O4S. The van der Waals surface area contributed by atoms with Crippen LogP contribution in [0.2, 0.25) is 0 Å². The molecule has 0 N–H and O–H groups in total. The van der Waals surface area contributed by atoms with Gasteiger partial charge in [-0.1, -0.05) is 0 Å². The molecular weight excluding hydrogens is 406 g/mol. The Morgan fingerprint density at radius 1 is 1.00 bits per heavy atom. The van der Waals surface area contributed by atoms with E-state index in [2.05, 4.69) is 15.0 Å². The van der Waals surface area contributed by atoms with E-state index in [1.54, 1.807) is 0 Å². The molecule has 0 aliphatic carbocycles. The van der Waals surface area contributed by atoms with Crippen LogP contribution < -0.4 is 9.47 Å². The number of aromatic nitrogens is 4. The van der Waals surface area contributed by atoms with Crippen LogP contribution in [-0.4, -0.2) is 48.2 Å². The van der Waals surface area contributed by atoms with Crippen molar-refractivity contribution in [1.82, 2.24) is 19.4 Å². The highest BCUT2D eigenvalue weighted by Gasteiger charge is 2.25. The first-order valence-corrected chi connectivity index (χ1v) is 10.1. The van der Waals surface area contributed by atoms with Crippen molar-refractivity contribution >= 4 is 26.5 Å². The molecule has 0 unspecified atom stereocenters. The SMILES string of the molecule is COc1cc(OC)c(F)c(-c2cc3cnc(S(C)(=O)=O)nc3n3ccnc23)c1F. The zero-order valence-electron chi connectivity index (χ0n) is 15.5. The minimum absolute atomic E-state index is 0.102. The molecule has 0 radical (unpaired) electrons. The maximum atomic E-state index is 15.0. The molecule has 8 nitrogen and oxygen atoms in total. The van der Waals surface area contributed by atoms with Gasteiger partial charge in [0.25, 0.3) is 0 Å². The van der Waals surface area contributed by atoms with Crippen molar-refractivity contribution in [1.29, 1.82) is 0 Å². The molecule has 1 aromatic carbocycles. The first-order chi connectivity index (χ1) is 13.8. The maximum absolute atomic E-state index is 15.0. The second-order valence-electron chi connectivity index (χ2n) is 6.17. The number of hydrogen-bond acceptors (Lipinski definition) is 7. The van der Waals surface area contributed by atoms with E-state index in [1.807, 2.05) is 0 Å². The van der Waals surface area contributed by atoms with Gasteiger partial charge < -0.3 is 9.47 Å². The lowest BCUT2D eigenvalue weighted by Crippen LogP contribution is -2.06. The number of benzene rings is 1. The topological polar surface area (TPSA) is 95.7 Å². The fourth-order valence-corrected chi connectivity index (χ4v) is 3.54. The number of hydrogen-bond donors (Lipinski definition) is 0. The van der Waals surface area contributed by atoms with Crippen LogP contribution in [-0.2, 0) is 9.84 Å². The van der Waals surface area contributed by atoms with Gasteiger partial charge in [-0.05, 0) is 6.07 Å². The van der Waals surface area contributed by atoms with Gasteiger partial charge >= 0.3 is 0 Å². The number of rotatable bonds is 4. The molecule has 0 aliphatic rings. The van der Waals surface area contributed by atoms with Crippen molar-refractivity contribution in [2.75, 3.05) is 20.5 Å². The van der Waals surface area contributed by atoms with Crippen molar-refractivity contribution < 1.29 is 26.7 Å². The first-order valence-electron chi connectivity index (χ1n) is 8.19. The summed E-state index contributed by atoms with van der Waals surface area (Å²) in [7, 11) is -1.14. The molecule has 0 saturated heterocycles. The van der Waals surface area contributed by atoms with Gasteiger partial charge in [0.15, 0.2) is 23.1 Å². The van der Waals surface area contributed by atoms with E-state index in [0.29, 0.717) is 5.39 Å². The molecule has 4 rings (SSSR count). The number of pyridine rings is 1. The van der Waals surface area contributed by atoms with E-state index in [9.17, 15) is 8.42 Å². The van der Waals surface area contributed by atoms with Crippen LogP contribution in [0, 0.1) is 11.6 Å². The second-order valence-corrected chi connectivity index (χ2v) is 8.08. The van der Waals surface area contributed by atoms with Gasteiger partial charge in [0.05, 0.1) is 19.8 Å². The van der Waals surface area contributed by atoms with Crippen molar-refractivity contribution in [2.45, 2.75) is 5.16 Å². The van der Waals surface area contributed by atoms with Crippen molar-refractivity contribution in [2.24, 2.45) is 0 Å². The highest BCUT2D eigenvalue weighted by Crippen LogP contribution is 2.39. The van der Waals surface area contributed by atoms with Crippen LogP contribution in [0.3, 0.4) is 0 Å². The lowest BCUT2D eigenvalue weighted by atomic mass is 10.0. The van der Waals surface area contributed by atoms with Crippen LogP contribution in [0.15, 0.2) is 35.9 Å². The number of ether oxygens (including phenoxy) is 2. The zero-order chi connectivity index (χ0) is 20.9. The summed E-state index contributed by atoms with van der Waals surface area (Å²) in [6.07, 6.45) is 5.18. The van der Waals surface area contributed by atoms with Crippen molar-refractivity contribution in [3.8, 4) is 22.6 Å². The largest absolute Gasteiger partial charge is 0.494 e. The Morgan fingerprint density at radius 2 is 1.66 bits per heavy atom. The van der Waals surface area contributed by atoms with E-state index in [4.69, 9.17) is 9.47 Å². The van der Waals surface area contributed by atoms with Gasteiger partial charge in [-0.25, -0.2) is 27.2 Å². The molecule has 3 heterocycles. The molecule has 4 aromatic rings. The number of nitrogens with zero attached hydrogens (tertiary/aromatic N) is 4. The van der Waals surface area contributed by atoms with E-state index in [1.165, 1.54) is 43.3 Å². The van der Waals surface area contributed by atoms with Gasteiger partial charge in [0.2, 0.25) is 15.0 Å². The molecule has 3 aromatic heterocycles. The summed E-state index contributed by atoms with van der Waals surface area (Å²) in [6, 6.07) is 2.55. The quantitative estimate of drug-likeness (QED) is 0.468. The van der Waals surface area contributed by atoms with Gasteiger partial charge in [-0.15, -0.1) is 0 Å². The van der Waals surface area contributed by atoms with Crippen molar-refractivity contribution in [3.63, 3.8) is 0 Å². The molecule has 29 heavy (non-hydrogen) atoms. The van der Waals surface area contributed by atoms with Crippen LogP contribution >= 0.6 is 0 Å². The highest BCUT2D eigenvalue weighted by atomic mass is 32.2. The summed E-state index contributed by atoms with van der Waals surface area (Å²) < 4.78 is 65.1. The van der Waals surface area contributed by atoms with Crippen LogP contribution in [0.25, 0.3) is 27.8 Å². The number of sulfone groups is 1. The molecule has 0 saturated carbocycles. The maximum Gasteiger partial charge on any atom is 0.248 e. The standard InChI is InChI=1S/C18H14F2N4O4S/c1-27-11-7-12(28-2)15(20)13(14(11)19)10-6-9-8-22-18(29(3,25)26)23-16(9)24-5-4-21-17(10)24/h4-8H,1-3H3. The average Bonchev–Trinajstić information content (AvgIpc) is 3.17. The summed E-state index contributed by atoms with van der Waals surface area (Å²) in [6.45, 7) is 0. The summed E-state index contributed by atoms with van der Waals surface area (Å²) in [5.41, 5.74) is 0.105. The number of fused-ring (bicyclic) bond motifs is 3. The van der Waals surface area contributed by atoms with Gasteiger partial charge in [-0.2, -0.15) is 4.98 Å². The molecule has 0 spiro atoms. The monoisotopic (exact) mass is 420 g/mol. The smallest absolute Gasteiger partial charge is 0.248 e. The Bertz CT molecular complexity index is 1360. The van der Waals surface area contributed by atoms with Crippen LogP contribution in [0.5, 0.6) is 11.5 Å². The van der Waals surface area contributed by atoms with Gasteiger partial charge in [-0.3, -0.25) is 4.40 Å². The van der Waals surface area contributed by atoms with E-state index in [-0.39, 0.29) is 33.5 Å². The van der Waals surface area contributed by atoms with Gasteiger partial charge in [0.1, 0.15) is 11.3 Å². The minimum atomic E-state index is -3.65. The Kier molecular flexibility index (Phi) is 4.34. The molecule has 0 bridgehead atoms. The summed E-state index contributed by atoms with van der Waals surface area (Å²) >= 11 is 0.